The van der Waals surface area contributed by atoms with E-state index in [9.17, 15) is 23.1 Å². The van der Waals surface area contributed by atoms with E-state index in [-0.39, 0.29) is 16.1 Å². The van der Waals surface area contributed by atoms with Crippen LogP contribution in [-0.4, -0.2) is 45.6 Å². The van der Waals surface area contributed by atoms with Gasteiger partial charge < -0.3 is 15.3 Å². The molecule has 0 unspecified atom stereocenters. The number of halogens is 4. The minimum absolute atomic E-state index is 0.0214. The van der Waals surface area contributed by atoms with Crippen LogP contribution in [0.3, 0.4) is 0 Å². The number of likely N-dealkylation sites (tertiary alicyclic amines) is 1. The smallest absolute Gasteiger partial charge is 0.417 e. The summed E-state index contributed by atoms with van der Waals surface area (Å²) < 4.78 is 40.2. The van der Waals surface area contributed by atoms with Gasteiger partial charge >= 0.3 is 12.1 Å². The molecule has 1 aliphatic heterocycles. The highest BCUT2D eigenvalue weighted by molar-refractivity contribution is 6.31. The molecule has 10 heteroatoms. The van der Waals surface area contributed by atoms with Gasteiger partial charge in [0.15, 0.2) is 0 Å². The number of anilines is 1. The highest BCUT2D eigenvalue weighted by atomic mass is 35.5. The van der Waals surface area contributed by atoms with Gasteiger partial charge in [-0.2, -0.15) is 13.2 Å². The molecule has 31 heavy (non-hydrogen) atoms. The number of alkyl halides is 3. The Morgan fingerprint density at radius 3 is 2.65 bits per heavy atom. The molecule has 2 heterocycles. The Bertz CT molecular complexity index is 1140. The second-order valence-corrected chi connectivity index (χ2v) is 7.72. The van der Waals surface area contributed by atoms with Crippen molar-refractivity contribution in [3.8, 4) is 0 Å². The largest absolute Gasteiger partial charge is 0.478 e. The third kappa shape index (κ3) is 4.42. The van der Waals surface area contributed by atoms with Crippen molar-refractivity contribution >= 4 is 34.3 Å². The summed E-state index contributed by atoms with van der Waals surface area (Å²) in [7, 11) is 0. The van der Waals surface area contributed by atoms with Gasteiger partial charge in [-0.1, -0.05) is 23.7 Å². The Labute approximate surface area is 180 Å². The summed E-state index contributed by atoms with van der Waals surface area (Å²) >= 11 is 5.79. The standard InChI is InChI=1S/C21H18ClF3N4O2/c22-16-6-5-12(9-15(16)21(23,24)25)17(10-29-7-2-8-29)28-19-13-3-1-4-14(20(30)31)18(13)26-11-27-19/h1,3-6,9,11,17H,2,7-8,10H2,(H,30,31)(H,26,27,28)/t17-/m1/s1. The lowest BCUT2D eigenvalue weighted by atomic mass is 10.0. The van der Waals surface area contributed by atoms with Crippen LogP contribution in [0, 0.1) is 0 Å². The predicted octanol–water partition coefficient (Wildman–Crippen LogP) is 4.86. The normalized spacial score (nSPS) is 15.5. The number of aromatic nitrogens is 2. The summed E-state index contributed by atoms with van der Waals surface area (Å²) in [5, 5.41) is 12.7. The van der Waals surface area contributed by atoms with Gasteiger partial charge in [-0.15, -0.1) is 0 Å². The summed E-state index contributed by atoms with van der Waals surface area (Å²) in [4.78, 5) is 21.9. The molecule has 0 spiro atoms. The quantitative estimate of drug-likeness (QED) is 0.558. The molecule has 6 nitrogen and oxygen atoms in total. The Morgan fingerprint density at radius 1 is 1.23 bits per heavy atom. The van der Waals surface area contributed by atoms with Gasteiger partial charge in [0.2, 0.25) is 0 Å². The Morgan fingerprint density at radius 2 is 2.00 bits per heavy atom. The second-order valence-electron chi connectivity index (χ2n) is 7.32. The fraction of sp³-hybridized carbons (Fsp3) is 0.286. The van der Waals surface area contributed by atoms with Crippen molar-refractivity contribution in [2.45, 2.75) is 18.6 Å². The van der Waals surface area contributed by atoms with Crippen LogP contribution in [0.25, 0.3) is 10.9 Å². The molecule has 0 bridgehead atoms. The minimum Gasteiger partial charge on any atom is -0.478 e. The average molecular weight is 451 g/mol. The number of aromatic carboxylic acids is 1. The van der Waals surface area contributed by atoms with Gasteiger partial charge in [-0.05, 0) is 49.3 Å². The average Bonchev–Trinajstić information content (AvgIpc) is 2.68. The lowest BCUT2D eigenvalue weighted by molar-refractivity contribution is -0.137. The first-order chi connectivity index (χ1) is 14.7. The highest BCUT2D eigenvalue weighted by Crippen LogP contribution is 2.37. The lowest BCUT2D eigenvalue weighted by Gasteiger charge is -2.35. The number of benzene rings is 2. The maximum atomic E-state index is 13.4. The van der Waals surface area contributed by atoms with E-state index in [1.165, 1.54) is 18.5 Å². The summed E-state index contributed by atoms with van der Waals surface area (Å²) in [5.41, 5.74) is -0.219. The SMILES string of the molecule is O=C(O)c1cccc2c(N[C@H](CN3CCC3)c3ccc(Cl)c(C(F)(F)F)c3)ncnc12. The van der Waals surface area contributed by atoms with Crippen LogP contribution in [0.1, 0.15) is 33.9 Å². The maximum Gasteiger partial charge on any atom is 0.417 e. The number of carboxylic acids is 1. The molecule has 1 aromatic heterocycles. The molecule has 3 aromatic rings. The van der Waals surface area contributed by atoms with Crippen LogP contribution in [0.5, 0.6) is 0 Å². The first kappa shape index (κ1) is 21.3. The zero-order valence-corrected chi connectivity index (χ0v) is 16.9. The van der Waals surface area contributed by atoms with Crippen molar-refractivity contribution in [1.29, 1.82) is 0 Å². The number of nitrogens with zero attached hydrogens (tertiary/aromatic N) is 3. The number of nitrogens with one attached hydrogen (secondary N) is 1. The third-order valence-electron chi connectivity index (χ3n) is 5.29. The van der Waals surface area contributed by atoms with Gasteiger partial charge in [0.25, 0.3) is 0 Å². The summed E-state index contributed by atoms with van der Waals surface area (Å²) in [6.07, 6.45) is -2.31. The van der Waals surface area contributed by atoms with Gasteiger partial charge in [-0.25, -0.2) is 14.8 Å². The Balaban J connectivity index is 1.75. The summed E-state index contributed by atoms with van der Waals surface area (Å²) in [6, 6.07) is 8.01. The maximum absolute atomic E-state index is 13.4. The molecular formula is C21H18ClF3N4O2. The van der Waals surface area contributed by atoms with Crippen molar-refractivity contribution in [2.75, 3.05) is 25.0 Å². The van der Waals surface area contributed by atoms with E-state index >= 15 is 0 Å². The van der Waals surface area contributed by atoms with E-state index in [0.29, 0.717) is 23.3 Å². The van der Waals surface area contributed by atoms with E-state index in [4.69, 9.17) is 11.6 Å². The Kier molecular flexibility index (Phi) is 5.72. The van der Waals surface area contributed by atoms with Crippen LogP contribution in [0.4, 0.5) is 19.0 Å². The number of hydrogen-bond donors (Lipinski definition) is 2. The van der Waals surface area contributed by atoms with Crippen molar-refractivity contribution in [3.05, 3.63) is 64.4 Å². The molecule has 4 rings (SSSR count). The van der Waals surface area contributed by atoms with Crippen molar-refractivity contribution in [1.82, 2.24) is 14.9 Å². The van der Waals surface area contributed by atoms with Crippen LogP contribution >= 0.6 is 11.6 Å². The molecule has 0 radical (unpaired) electrons. The van der Waals surface area contributed by atoms with Crippen LogP contribution < -0.4 is 5.32 Å². The zero-order valence-electron chi connectivity index (χ0n) is 16.2. The van der Waals surface area contributed by atoms with Crippen LogP contribution in [0.15, 0.2) is 42.7 Å². The molecule has 0 amide bonds. The molecule has 2 N–H and O–H groups in total. The van der Waals surface area contributed by atoms with Gasteiger partial charge in [0, 0.05) is 11.9 Å². The minimum atomic E-state index is -4.58. The fourth-order valence-corrected chi connectivity index (χ4v) is 3.80. The third-order valence-corrected chi connectivity index (χ3v) is 5.62. The van der Waals surface area contributed by atoms with E-state index < -0.39 is 23.8 Å². The van der Waals surface area contributed by atoms with Crippen LogP contribution in [-0.2, 0) is 6.18 Å². The molecular weight excluding hydrogens is 433 g/mol. The van der Waals surface area contributed by atoms with E-state index in [1.54, 1.807) is 18.2 Å². The van der Waals surface area contributed by atoms with Gasteiger partial charge in [0.1, 0.15) is 12.1 Å². The van der Waals surface area contributed by atoms with Crippen molar-refractivity contribution in [3.63, 3.8) is 0 Å². The molecule has 0 aliphatic carbocycles. The summed E-state index contributed by atoms with van der Waals surface area (Å²) in [6.45, 7) is 2.17. The number of carboxylic acid groups (broad SMARTS) is 1. The lowest BCUT2D eigenvalue weighted by Crippen LogP contribution is -2.41. The van der Waals surface area contributed by atoms with Gasteiger partial charge in [0.05, 0.1) is 27.7 Å². The second kappa shape index (κ2) is 8.32. The first-order valence-corrected chi connectivity index (χ1v) is 9.94. The molecule has 1 aliphatic rings. The number of fused-ring (bicyclic) bond motifs is 1. The van der Waals surface area contributed by atoms with Crippen molar-refractivity contribution < 1.29 is 23.1 Å². The van der Waals surface area contributed by atoms with Crippen LogP contribution in [0.2, 0.25) is 5.02 Å². The Hall–Kier alpha value is -2.91. The molecule has 1 saturated heterocycles. The molecule has 1 fully saturated rings. The fourth-order valence-electron chi connectivity index (χ4n) is 3.57. The van der Waals surface area contributed by atoms with Gasteiger partial charge in [-0.3, -0.25) is 0 Å². The number of carbonyl (C=O) groups is 1. The number of rotatable bonds is 6. The highest BCUT2D eigenvalue weighted by Gasteiger charge is 2.34. The van der Waals surface area contributed by atoms with E-state index in [0.717, 1.165) is 25.6 Å². The molecule has 2 aromatic carbocycles. The number of hydrogen-bond acceptors (Lipinski definition) is 5. The van der Waals surface area contributed by atoms with E-state index in [1.807, 2.05) is 0 Å². The predicted molar refractivity (Wildman–Crippen MR) is 110 cm³/mol. The first-order valence-electron chi connectivity index (χ1n) is 9.56. The molecule has 162 valence electrons. The van der Waals surface area contributed by atoms with E-state index in [2.05, 4.69) is 20.2 Å². The summed E-state index contributed by atoms with van der Waals surface area (Å²) in [5.74, 6) is -0.776. The molecule has 1 atom stereocenters. The number of para-hydroxylation sites is 1. The zero-order chi connectivity index (χ0) is 22.2. The monoisotopic (exact) mass is 450 g/mol. The van der Waals surface area contributed by atoms with Crippen molar-refractivity contribution in [2.24, 2.45) is 0 Å². The molecule has 0 saturated carbocycles. The topological polar surface area (TPSA) is 78.4 Å².